The molecule has 0 saturated carbocycles. The van der Waals surface area contributed by atoms with E-state index in [0.29, 0.717) is 19.0 Å². The van der Waals surface area contributed by atoms with Crippen molar-refractivity contribution in [2.75, 3.05) is 58.9 Å². The van der Waals surface area contributed by atoms with Gasteiger partial charge in [-0.05, 0) is 45.2 Å². The van der Waals surface area contributed by atoms with Crippen molar-refractivity contribution in [2.24, 2.45) is 10.9 Å². The lowest BCUT2D eigenvalue weighted by Crippen LogP contribution is -2.42. The van der Waals surface area contributed by atoms with Crippen molar-refractivity contribution in [2.45, 2.75) is 32.6 Å². The van der Waals surface area contributed by atoms with Gasteiger partial charge in [0.1, 0.15) is 0 Å². The maximum absolute atomic E-state index is 11.6. The molecule has 3 saturated heterocycles. The molecule has 3 amide bonds. The van der Waals surface area contributed by atoms with Gasteiger partial charge in [0.25, 0.3) is 0 Å². The molecule has 0 aromatic rings. The summed E-state index contributed by atoms with van der Waals surface area (Å²) in [6.45, 7) is 9.50. The van der Waals surface area contributed by atoms with Gasteiger partial charge in [0, 0.05) is 26.2 Å². The Hall–Kier alpha value is -1.10. The van der Waals surface area contributed by atoms with Gasteiger partial charge < -0.3 is 20.4 Å². The van der Waals surface area contributed by atoms with Crippen molar-refractivity contribution in [3.8, 4) is 0 Å². The van der Waals surface area contributed by atoms with Gasteiger partial charge in [0.05, 0.1) is 19.6 Å². The zero-order chi connectivity index (χ0) is 18.4. The highest BCUT2D eigenvalue weighted by molar-refractivity contribution is 14.0. The molecule has 1 atom stereocenters. The fourth-order valence-corrected chi connectivity index (χ4v) is 4.04. The van der Waals surface area contributed by atoms with Crippen LogP contribution in [0.15, 0.2) is 4.99 Å². The first kappa shape index (κ1) is 22.2. The van der Waals surface area contributed by atoms with Crippen LogP contribution in [0.2, 0.25) is 0 Å². The number of hydrogen-bond acceptors (Lipinski definition) is 4. The van der Waals surface area contributed by atoms with E-state index < -0.39 is 0 Å². The van der Waals surface area contributed by atoms with Gasteiger partial charge in [-0.2, -0.15) is 0 Å². The minimum atomic E-state index is -0.307. The van der Waals surface area contributed by atoms with Crippen LogP contribution in [0.4, 0.5) is 4.79 Å². The average Bonchev–Trinajstić information content (AvgIpc) is 3.23. The van der Waals surface area contributed by atoms with E-state index in [0.717, 1.165) is 25.6 Å². The van der Waals surface area contributed by atoms with E-state index in [2.05, 4.69) is 32.3 Å². The maximum atomic E-state index is 11.6. The van der Waals surface area contributed by atoms with Gasteiger partial charge in [-0.1, -0.05) is 6.42 Å². The largest absolute Gasteiger partial charge is 0.357 e. The number of likely N-dealkylation sites (tertiary alicyclic amines) is 2. The predicted molar refractivity (Wildman–Crippen MR) is 116 cm³/mol. The third-order valence-corrected chi connectivity index (χ3v) is 5.41. The third-order valence-electron chi connectivity index (χ3n) is 5.41. The molecule has 0 aromatic heterocycles. The van der Waals surface area contributed by atoms with Crippen LogP contribution in [-0.2, 0) is 4.79 Å². The van der Waals surface area contributed by atoms with Gasteiger partial charge in [-0.25, -0.2) is 4.79 Å². The molecule has 0 radical (unpaired) electrons. The number of nitrogens with one attached hydrogen (secondary N) is 2. The molecule has 8 nitrogen and oxygen atoms in total. The Morgan fingerprint density at radius 3 is 2.67 bits per heavy atom. The maximum Gasteiger partial charge on any atom is 0.324 e. The number of urea groups is 1. The highest BCUT2D eigenvalue weighted by Crippen LogP contribution is 2.20. The van der Waals surface area contributed by atoms with Crippen molar-refractivity contribution in [1.82, 2.24) is 25.3 Å². The normalized spacial score (nSPS) is 24.2. The molecule has 0 aromatic carbocycles. The second-order valence-corrected chi connectivity index (χ2v) is 7.40. The Bertz CT molecular complexity index is 522. The fourth-order valence-electron chi connectivity index (χ4n) is 4.04. The summed E-state index contributed by atoms with van der Waals surface area (Å²) in [4.78, 5) is 34.1. The van der Waals surface area contributed by atoms with E-state index in [4.69, 9.17) is 0 Å². The zero-order valence-corrected chi connectivity index (χ0v) is 18.6. The molecular formula is C18H33IN6O2. The molecule has 3 aliphatic rings. The van der Waals surface area contributed by atoms with Gasteiger partial charge in [-0.15, -0.1) is 24.0 Å². The summed E-state index contributed by atoms with van der Waals surface area (Å²) in [5, 5.41) is 5.90. The number of amides is 3. The van der Waals surface area contributed by atoms with E-state index in [1.165, 1.54) is 50.2 Å². The Labute approximate surface area is 179 Å². The van der Waals surface area contributed by atoms with Crippen LogP contribution in [-0.4, -0.2) is 91.5 Å². The number of guanidine groups is 1. The smallest absolute Gasteiger partial charge is 0.324 e. The number of halogens is 1. The number of carbonyl (C=O) groups excluding carboxylic acids is 2. The summed E-state index contributed by atoms with van der Waals surface area (Å²) < 4.78 is 0. The highest BCUT2D eigenvalue weighted by atomic mass is 127. The van der Waals surface area contributed by atoms with E-state index in [1.807, 2.05) is 0 Å². The number of aliphatic imine (C=N–C) groups is 1. The molecule has 3 aliphatic heterocycles. The number of hydrogen-bond donors (Lipinski definition) is 2. The van der Waals surface area contributed by atoms with Crippen LogP contribution in [0.3, 0.4) is 0 Å². The molecule has 0 aliphatic carbocycles. The summed E-state index contributed by atoms with van der Waals surface area (Å²) in [5.74, 6) is 1.43. The molecule has 2 N–H and O–H groups in total. The molecular weight excluding hydrogens is 459 g/mol. The van der Waals surface area contributed by atoms with Crippen LogP contribution in [0.5, 0.6) is 0 Å². The van der Waals surface area contributed by atoms with Gasteiger partial charge in [0.15, 0.2) is 5.96 Å². The summed E-state index contributed by atoms with van der Waals surface area (Å²) >= 11 is 0. The first-order valence-electron chi connectivity index (χ1n) is 10.0. The first-order valence-corrected chi connectivity index (χ1v) is 10.0. The number of imide groups is 1. The molecule has 3 heterocycles. The summed E-state index contributed by atoms with van der Waals surface area (Å²) in [7, 11) is 0. The van der Waals surface area contributed by atoms with Gasteiger partial charge >= 0.3 is 6.03 Å². The SMILES string of the molecule is CCNC(=NCCN1C(=O)CNC1=O)N1CCC(CN2CCCCC2)C1.I. The minimum Gasteiger partial charge on any atom is -0.357 e. The quantitative estimate of drug-likeness (QED) is 0.250. The summed E-state index contributed by atoms with van der Waals surface area (Å²) in [6.07, 6.45) is 5.25. The van der Waals surface area contributed by atoms with E-state index in [1.54, 1.807) is 0 Å². The van der Waals surface area contributed by atoms with Crippen LogP contribution < -0.4 is 10.6 Å². The van der Waals surface area contributed by atoms with Crippen molar-refractivity contribution in [1.29, 1.82) is 0 Å². The molecule has 3 fully saturated rings. The number of rotatable bonds is 6. The summed E-state index contributed by atoms with van der Waals surface area (Å²) in [6, 6.07) is -0.307. The van der Waals surface area contributed by atoms with Crippen LogP contribution >= 0.6 is 24.0 Å². The summed E-state index contributed by atoms with van der Waals surface area (Å²) in [5.41, 5.74) is 0. The average molecular weight is 492 g/mol. The van der Waals surface area contributed by atoms with E-state index >= 15 is 0 Å². The van der Waals surface area contributed by atoms with Crippen LogP contribution in [0.1, 0.15) is 32.6 Å². The number of nitrogens with zero attached hydrogens (tertiary/aromatic N) is 4. The molecule has 0 bridgehead atoms. The Morgan fingerprint density at radius 2 is 2.00 bits per heavy atom. The van der Waals surface area contributed by atoms with Gasteiger partial charge in [0.2, 0.25) is 5.91 Å². The van der Waals surface area contributed by atoms with Crippen molar-refractivity contribution in [3.63, 3.8) is 0 Å². The topological polar surface area (TPSA) is 80.3 Å². The zero-order valence-electron chi connectivity index (χ0n) is 16.3. The number of piperidine rings is 1. The van der Waals surface area contributed by atoms with Crippen molar-refractivity contribution < 1.29 is 9.59 Å². The third kappa shape index (κ3) is 6.20. The minimum absolute atomic E-state index is 0. The molecule has 27 heavy (non-hydrogen) atoms. The lowest BCUT2D eigenvalue weighted by molar-refractivity contribution is -0.124. The Balaban J connectivity index is 0.00000261. The molecule has 9 heteroatoms. The standard InChI is InChI=1S/C18H32N6O2.HI/c1-2-19-17(20-7-11-24-16(25)12-21-18(24)26)23-10-6-15(14-23)13-22-8-4-3-5-9-22;/h15H,2-14H2,1H3,(H,19,20)(H,21,26);1H. The Morgan fingerprint density at radius 1 is 1.22 bits per heavy atom. The first-order chi connectivity index (χ1) is 12.7. The fraction of sp³-hybridized carbons (Fsp3) is 0.833. The van der Waals surface area contributed by atoms with E-state index in [9.17, 15) is 9.59 Å². The Kier molecular flexibility index (Phi) is 9.07. The lowest BCUT2D eigenvalue weighted by atomic mass is 10.1. The van der Waals surface area contributed by atoms with E-state index in [-0.39, 0.29) is 42.5 Å². The van der Waals surface area contributed by atoms with Crippen molar-refractivity contribution in [3.05, 3.63) is 0 Å². The molecule has 3 rings (SSSR count). The lowest BCUT2D eigenvalue weighted by Gasteiger charge is -2.29. The van der Waals surface area contributed by atoms with Crippen LogP contribution in [0, 0.1) is 5.92 Å². The molecule has 1 unspecified atom stereocenters. The predicted octanol–water partition coefficient (Wildman–Crippen LogP) is 0.930. The van der Waals surface area contributed by atoms with Crippen molar-refractivity contribution >= 4 is 41.9 Å². The molecule has 154 valence electrons. The van der Waals surface area contributed by atoms with Gasteiger partial charge in [-0.3, -0.25) is 14.7 Å². The second-order valence-electron chi connectivity index (χ2n) is 7.40. The highest BCUT2D eigenvalue weighted by Gasteiger charge is 2.29. The number of carbonyl (C=O) groups is 2. The van der Waals surface area contributed by atoms with Crippen LogP contribution in [0.25, 0.3) is 0 Å². The monoisotopic (exact) mass is 492 g/mol. The second kappa shape index (κ2) is 11.0. The molecule has 0 spiro atoms.